The number of rotatable bonds is 5. The van der Waals surface area contributed by atoms with E-state index in [4.69, 9.17) is 0 Å². The number of hydrogen-bond acceptors (Lipinski definition) is 3. The first-order valence-electron chi connectivity index (χ1n) is 6.79. The summed E-state index contributed by atoms with van der Waals surface area (Å²) >= 11 is 3.38. The van der Waals surface area contributed by atoms with Crippen LogP contribution in [0, 0.1) is 5.41 Å². The Hall–Kier alpha value is -0.840. The minimum atomic E-state index is -0.0699. The predicted molar refractivity (Wildman–Crippen MR) is 83.6 cm³/mol. The fourth-order valence-corrected chi connectivity index (χ4v) is 1.90. The molecule has 0 saturated carbocycles. The molecule has 0 aliphatic rings. The maximum absolute atomic E-state index is 12.1. The molecule has 1 atom stereocenters. The highest BCUT2D eigenvalue weighted by molar-refractivity contribution is 9.10. The molecule has 0 aromatic carbocycles. The average molecular weight is 330 g/mol. The molecule has 19 heavy (non-hydrogen) atoms. The highest BCUT2D eigenvalue weighted by Gasteiger charge is 2.21. The maximum Gasteiger partial charge on any atom is 0.283 e. The molecule has 0 aliphatic heterocycles. The van der Waals surface area contributed by atoms with Gasteiger partial charge in [-0.05, 0) is 34.7 Å². The molecule has 1 N–H and O–H groups in total. The lowest BCUT2D eigenvalue weighted by Gasteiger charge is -2.29. The van der Waals surface area contributed by atoms with Gasteiger partial charge in [-0.1, -0.05) is 34.1 Å². The third-order valence-electron chi connectivity index (χ3n) is 3.38. The van der Waals surface area contributed by atoms with Crippen molar-refractivity contribution in [1.29, 1.82) is 0 Å². The summed E-state index contributed by atoms with van der Waals surface area (Å²) in [5, 5.41) is 7.57. The highest BCUT2D eigenvalue weighted by atomic mass is 79.9. The van der Waals surface area contributed by atoms with E-state index in [1.807, 2.05) is 0 Å². The molecule has 1 unspecified atom stereocenters. The quantitative estimate of drug-likeness (QED) is 0.896. The molecule has 1 aromatic heterocycles. The number of unbranched alkanes of at least 4 members (excludes halogenated alkanes) is 1. The molecule has 0 fully saturated rings. The summed E-state index contributed by atoms with van der Waals surface area (Å²) in [6.45, 7) is 11.4. The summed E-state index contributed by atoms with van der Waals surface area (Å²) in [4.78, 5) is 12.1. The van der Waals surface area contributed by atoms with Crippen molar-refractivity contribution in [1.82, 2.24) is 9.78 Å². The Morgan fingerprint density at radius 3 is 2.63 bits per heavy atom. The predicted octanol–water partition coefficient (Wildman–Crippen LogP) is 3.65. The Morgan fingerprint density at radius 2 is 2.11 bits per heavy atom. The van der Waals surface area contributed by atoms with Crippen LogP contribution in [0.15, 0.2) is 15.5 Å². The van der Waals surface area contributed by atoms with Gasteiger partial charge < -0.3 is 5.32 Å². The zero-order valence-corrected chi connectivity index (χ0v) is 14.0. The summed E-state index contributed by atoms with van der Waals surface area (Å²) < 4.78 is 2.08. The monoisotopic (exact) mass is 329 g/mol. The van der Waals surface area contributed by atoms with Crippen molar-refractivity contribution in [3.63, 3.8) is 0 Å². The Bertz CT molecular complexity index is 477. The molecule has 5 heteroatoms. The van der Waals surface area contributed by atoms with Crippen LogP contribution in [0.4, 0.5) is 5.69 Å². The minimum Gasteiger partial charge on any atom is -0.380 e. The van der Waals surface area contributed by atoms with Crippen molar-refractivity contribution in [2.24, 2.45) is 5.41 Å². The normalized spacial score (nSPS) is 13.4. The van der Waals surface area contributed by atoms with Crippen LogP contribution in [0.25, 0.3) is 0 Å². The van der Waals surface area contributed by atoms with Crippen molar-refractivity contribution >= 4 is 21.6 Å². The Morgan fingerprint density at radius 1 is 1.47 bits per heavy atom. The number of aryl methyl sites for hydroxylation is 1. The standard InChI is InChI=1S/C14H24BrN3O/c1-6-7-8-18-13(19)12(15)11(9-16-18)17-10(2)14(3,4)5/h9-10,17H,6-8H2,1-5H3. The van der Waals surface area contributed by atoms with Gasteiger partial charge in [-0.2, -0.15) is 5.10 Å². The smallest absolute Gasteiger partial charge is 0.283 e. The van der Waals surface area contributed by atoms with Gasteiger partial charge >= 0.3 is 0 Å². The van der Waals surface area contributed by atoms with E-state index in [1.165, 1.54) is 4.68 Å². The van der Waals surface area contributed by atoms with E-state index < -0.39 is 0 Å². The third-order valence-corrected chi connectivity index (χ3v) is 4.15. The van der Waals surface area contributed by atoms with Gasteiger partial charge in [0.2, 0.25) is 0 Å². The summed E-state index contributed by atoms with van der Waals surface area (Å²) in [6.07, 6.45) is 3.74. The highest BCUT2D eigenvalue weighted by Crippen LogP contribution is 2.25. The summed E-state index contributed by atoms with van der Waals surface area (Å²) in [6, 6.07) is 0.247. The van der Waals surface area contributed by atoms with Gasteiger partial charge in [-0.15, -0.1) is 0 Å². The zero-order valence-electron chi connectivity index (χ0n) is 12.5. The summed E-state index contributed by atoms with van der Waals surface area (Å²) in [7, 11) is 0. The molecule has 0 radical (unpaired) electrons. The van der Waals surface area contributed by atoms with Crippen LogP contribution < -0.4 is 10.9 Å². The maximum atomic E-state index is 12.1. The lowest BCUT2D eigenvalue weighted by molar-refractivity contribution is 0.359. The Balaban J connectivity index is 2.94. The van der Waals surface area contributed by atoms with Gasteiger partial charge in [0.15, 0.2) is 0 Å². The number of halogens is 1. The molecule has 0 spiro atoms. The van der Waals surface area contributed by atoms with E-state index in [9.17, 15) is 4.79 Å². The van der Waals surface area contributed by atoms with E-state index in [0.29, 0.717) is 11.0 Å². The number of anilines is 1. The second-order valence-corrected chi connectivity index (χ2v) is 6.78. The molecule has 0 bridgehead atoms. The van der Waals surface area contributed by atoms with Crippen LogP contribution in [0.1, 0.15) is 47.5 Å². The van der Waals surface area contributed by atoms with E-state index in [2.05, 4.69) is 61.0 Å². The molecule has 1 heterocycles. The van der Waals surface area contributed by atoms with Crippen molar-refractivity contribution < 1.29 is 0 Å². The number of aromatic nitrogens is 2. The first-order valence-corrected chi connectivity index (χ1v) is 7.58. The lowest BCUT2D eigenvalue weighted by Crippen LogP contribution is -2.32. The number of nitrogens with zero attached hydrogens (tertiary/aromatic N) is 2. The second kappa shape index (κ2) is 6.55. The van der Waals surface area contributed by atoms with E-state index >= 15 is 0 Å². The van der Waals surface area contributed by atoms with Crippen LogP contribution in [0.2, 0.25) is 0 Å². The third kappa shape index (κ3) is 4.34. The molecule has 0 amide bonds. The molecule has 108 valence electrons. The Kier molecular flexibility index (Phi) is 5.59. The van der Waals surface area contributed by atoms with Crippen LogP contribution in [0.3, 0.4) is 0 Å². The molecule has 1 rings (SSSR count). The molecular formula is C14H24BrN3O. The lowest BCUT2D eigenvalue weighted by atomic mass is 9.88. The van der Waals surface area contributed by atoms with Crippen LogP contribution in [0.5, 0.6) is 0 Å². The summed E-state index contributed by atoms with van der Waals surface area (Å²) in [5.74, 6) is 0. The van der Waals surface area contributed by atoms with Gasteiger partial charge in [0.05, 0.1) is 11.9 Å². The van der Waals surface area contributed by atoms with Crippen molar-refractivity contribution in [2.45, 2.75) is 60.0 Å². The van der Waals surface area contributed by atoms with Crippen LogP contribution in [-0.2, 0) is 6.54 Å². The van der Waals surface area contributed by atoms with Crippen LogP contribution in [-0.4, -0.2) is 15.8 Å². The molecule has 4 nitrogen and oxygen atoms in total. The fourth-order valence-electron chi connectivity index (χ4n) is 1.48. The van der Waals surface area contributed by atoms with Crippen LogP contribution >= 0.6 is 15.9 Å². The molecular weight excluding hydrogens is 306 g/mol. The first kappa shape index (κ1) is 16.2. The zero-order chi connectivity index (χ0) is 14.6. The largest absolute Gasteiger partial charge is 0.380 e. The number of nitrogens with one attached hydrogen (secondary N) is 1. The van der Waals surface area contributed by atoms with Crippen molar-refractivity contribution in [3.8, 4) is 0 Å². The van der Waals surface area contributed by atoms with E-state index in [-0.39, 0.29) is 17.0 Å². The SMILES string of the molecule is CCCCn1ncc(NC(C)C(C)(C)C)c(Br)c1=O. The minimum absolute atomic E-state index is 0.0699. The molecule has 0 aliphatic carbocycles. The molecule has 0 saturated heterocycles. The van der Waals surface area contributed by atoms with Gasteiger partial charge in [-0.3, -0.25) is 4.79 Å². The molecule has 1 aromatic rings. The second-order valence-electron chi connectivity index (χ2n) is 5.99. The topological polar surface area (TPSA) is 46.9 Å². The van der Waals surface area contributed by atoms with Gasteiger partial charge in [-0.25, -0.2) is 4.68 Å². The van der Waals surface area contributed by atoms with E-state index in [1.54, 1.807) is 6.20 Å². The van der Waals surface area contributed by atoms with Crippen molar-refractivity contribution in [3.05, 3.63) is 21.0 Å². The van der Waals surface area contributed by atoms with Crippen molar-refractivity contribution in [2.75, 3.05) is 5.32 Å². The Labute approximate surface area is 123 Å². The van der Waals surface area contributed by atoms with Gasteiger partial charge in [0.25, 0.3) is 5.56 Å². The summed E-state index contributed by atoms with van der Waals surface area (Å²) in [5.41, 5.74) is 0.816. The fraction of sp³-hybridized carbons (Fsp3) is 0.714. The number of hydrogen-bond donors (Lipinski definition) is 1. The van der Waals surface area contributed by atoms with Gasteiger partial charge in [0.1, 0.15) is 4.47 Å². The average Bonchev–Trinajstić information content (AvgIpc) is 2.33. The van der Waals surface area contributed by atoms with E-state index in [0.717, 1.165) is 18.5 Å². The first-order chi connectivity index (χ1) is 8.77. The van der Waals surface area contributed by atoms with Gasteiger partial charge in [0, 0.05) is 12.6 Å².